The van der Waals surface area contributed by atoms with Gasteiger partial charge in [0.25, 0.3) is 0 Å². The zero-order valence-electron chi connectivity index (χ0n) is 9.29. The molecule has 0 spiro atoms. The lowest BCUT2D eigenvalue weighted by atomic mass is 10.0. The van der Waals surface area contributed by atoms with Gasteiger partial charge in [-0.1, -0.05) is 50.6 Å². The molecule has 0 fully saturated rings. The monoisotopic (exact) mass is 191 g/mol. The SMILES string of the molecule is CCCC(Cc1ccccc1)NCC. The highest BCUT2D eigenvalue weighted by Gasteiger charge is 2.05. The molecule has 1 nitrogen and oxygen atoms in total. The molecule has 0 amide bonds. The van der Waals surface area contributed by atoms with Crippen molar-refractivity contribution in [3.05, 3.63) is 35.9 Å². The van der Waals surface area contributed by atoms with E-state index in [1.165, 1.54) is 18.4 Å². The highest BCUT2D eigenvalue weighted by atomic mass is 14.9. The maximum Gasteiger partial charge on any atom is 0.0107 e. The molecule has 0 aromatic heterocycles. The van der Waals surface area contributed by atoms with Crippen molar-refractivity contribution >= 4 is 0 Å². The molecule has 1 heteroatoms. The minimum absolute atomic E-state index is 0.646. The Labute approximate surface area is 87.5 Å². The van der Waals surface area contributed by atoms with E-state index in [1.807, 2.05) is 0 Å². The third-order valence-electron chi connectivity index (χ3n) is 2.45. The maximum atomic E-state index is 3.53. The fourth-order valence-corrected chi connectivity index (χ4v) is 1.81. The van der Waals surface area contributed by atoms with Crippen LogP contribution in [0.15, 0.2) is 30.3 Å². The smallest absolute Gasteiger partial charge is 0.0107 e. The van der Waals surface area contributed by atoms with Crippen LogP contribution in [0.1, 0.15) is 32.3 Å². The maximum absolute atomic E-state index is 3.53. The minimum Gasteiger partial charge on any atom is -0.314 e. The number of nitrogens with one attached hydrogen (secondary N) is 1. The van der Waals surface area contributed by atoms with E-state index in [2.05, 4.69) is 49.5 Å². The lowest BCUT2D eigenvalue weighted by Crippen LogP contribution is -2.30. The van der Waals surface area contributed by atoms with Crippen molar-refractivity contribution in [2.75, 3.05) is 6.54 Å². The molecule has 0 aliphatic heterocycles. The van der Waals surface area contributed by atoms with Crippen LogP contribution in [-0.4, -0.2) is 12.6 Å². The summed E-state index contributed by atoms with van der Waals surface area (Å²) in [5.41, 5.74) is 1.44. The van der Waals surface area contributed by atoms with Crippen LogP contribution in [0.4, 0.5) is 0 Å². The predicted octanol–water partition coefficient (Wildman–Crippen LogP) is 3.01. The Bertz CT molecular complexity index is 224. The molecule has 1 aromatic carbocycles. The first-order valence-corrected chi connectivity index (χ1v) is 5.64. The van der Waals surface area contributed by atoms with Crippen LogP contribution in [0.2, 0.25) is 0 Å². The van der Waals surface area contributed by atoms with Gasteiger partial charge in [0.1, 0.15) is 0 Å². The molecular formula is C13H21N. The highest BCUT2D eigenvalue weighted by Crippen LogP contribution is 2.07. The van der Waals surface area contributed by atoms with Gasteiger partial charge in [-0.3, -0.25) is 0 Å². The van der Waals surface area contributed by atoms with Crippen molar-refractivity contribution in [1.82, 2.24) is 5.32 Å². The molecule has 0 radical (unpaired) electrons. The molecule has 0 heterocycles. The van der Waals surface area contributed by atoms with Crippen molar-refractivity contribution in [3.63, 3.8) is 0 Å². The summed E-state index contributed by atoms with van der Waals surface area (Å²) in [4.78, 5) is 0. The summed E-state index contributed by atoms with van der Waals surface area (Å²) in [6, 6.07) is 11.4. The van der Waals surface area contributed by atoms with Gasteiger partial charge in [-0.15, -0.1) is 0 Å². The topological polar surface area (TPSA) is 12.0 Å². The van der Waals surface area contributed by atoms with Crippen LogP contribution in [0.3, 0.4) is 0 Å². The van der Waals surface area contributed by atoms with Crippen molar-refractivity contribution in [1.29, 1.82) is 0 Å². The average molecular weight is 191 g/mol. The van der Waals surface area contributed by atoms with Gasteiger partial charge in [-0.25, -0.2) is 0 Å². The zero-order valence-corrected chi connectivity index (χ0v) is 9.29. The van der Waals surface area contributed by atoms with E-state index in [4.69, 9.17) is 0 Å². The van der Waals surface area contributed by atoms with E-state index >= 15 is 0 Å². The molecule has 0 saturated heterocycles. The standard InChI is InChI=1S/C13H21N/c1-3-8-13(14-4-2)11-12-9-6-5-7-10-12/h5-7,9-10,13-14H,3-4,8,11H2,1-2H3. The van der Waals surface area contributed by atoms with Crippen LogP contribution < -0.4 is 5.32 Å². The predicted molar refractivity (Wildman–Crippen MR) is 62.5 cm³/mol. The Morgan fingerprint density at radius 2 is 1.86 bits per heavy atom. The van der Waals surface area contributed by atoms with Gasteiger partial charge in [0.15, 0.2) is 0 Å². The van der Waals surface area contributed by atoms with E-state index in [9.17, 15) is 0 Å². The molecule has 1 rings (SSSR count). The van der Waals surface area contributed by atoms with Crippen LogP contribution in [-0.2, 0) is 6.42 Å². The van der Waals surface area contributed by atoms with Crippen molar-refractivity contribution in [2.24, 2.45) is 0 Å². The Morgan fingerprint density at radius 1 is 1.14 bits per heavy atom. The summed E-state index contributed by atoms with van der Waals surface area (Å²) < 4.78 is 0. The molecular weight excluding hydrogens is 170 g/mol. The molecule has 1 N–H and O–H groups in total. The van der Waals surface area contributed by atoms with Gasteiger partial charge in [0.05, 0.1) is 0 Å². The lowest BCUT2D eigenvalue weighted by molar-refractivity contribution is 0.486. The zero-order chi connectivity index (χ0) is 10.2. The van der Waals surface area contributed by atoms with Gasteiger partial charge in [-0.05, 0) is 24.9 Å². The number of rotatable bonds is 6. The molecule has 0 aliphatic rings. The third kappa shape index (κ3) is 3.93. The Kier molecular flexibility index (Phi) is 5.31. The number of benzene rings is 1. The molecule has 0 aliphatic carbocycles. The summed E-state index contributed by atoms with van der Waals surface area (Å²) in [7, 11) is 0. The van der Waals surface area contributed by atoms with Gasteiger partial charge < -0.3 is 5.32 Å². The van der Waals surface area contributed by atoms with E-state index in [1.54, 1.807) is 0 Å². The molecule has 1 aromatic rings. The van der Waals surface area contributed by atoms with Crippen LogP contribution >= 0.6 is 0 Å². The first-order valence-electron chi connectivity index (χ1n) is 5.64. The van der Waals surface area contributed by atoms with E-state index in [0.717, 1.165) is 13.0 Å². The van der Waals surface area contributed by atoms with Gasteiger partial charge in [-0.2, -0.15) is 0 Å². The number of likely N-dealkylation sites (N-methyl/N-ethyl adjacent to an activating group) is 1. The minimum atomic E-state index is 0.646. The van der Waals surface area contributed by atoms with Crippen molar-refractivity contribution in [3.8, 4) is 0 Å². The fraction of sp³-hybridized carbons (Fsp3) is 0.538. The first-order chi connectivity index (χ1) is 6.86. The molecule has 14 heavy (non-hydrogen) atoms. The summed E-state index contributed by atoms with van der Waals surface area (Å²) in [5, 5.41) is 3.53. The van der Waals surface area contributed by atoms with Crippen molar-refractivity contribution in [2.45, 2.75) is 39.2 Å². The molecule has 1 atom stereocenters. The normalized spacial score (nSPS) is 12.7. The summed E-state index contributed by atoms with van der Waals surface area (Å²) in [6.45, 7) is 5.49. The Hall–Kier alpha value is -0.820. The lowest BCUT2D eigenvalue weighted by Gasteiger charge is -2.16. The molecule has 0 bridgehead atoms. The number of hydrogen-bond donors (Lipinski definition) is 1. The molecule has 1 unspecified atom stereocenters. The second kappa shape index (κ2) is 6.61. The summed E-state index contributed by atoms with van der Waals surface area (Å²) in [6.07, 6.45) is 3.68. The van der Waals surface area contributed by atoms with E-state index in [-0.39, 0.29) is 0 Å². The largest absolute Gasteiger partial charge is 0.314 e. The average Bonchev–Trinajstić information content (AvgIpc) is 2.20. The second-order valence-corrected chi connectivity index (χ2v) is 3.73. The summed E-state index contributed by atoms with van der Waals surface area (Å²) in [5.74, 6) is 0. The molecule has 78 valence electrons. The quantitative estimate of drug-likeness (QED) is 0.729. The third-order valence-corrected chi connectivity index (χ3v) is 2.45. The van der Waals surface area contributed by atoms with Crippen LogP contribution in [0.25, 0.3) is 0 Å². The summed E-state index contributed by atoms with van der Waals surface area (Å²) >= 11 is 0. The Morgan fingerprint density at radius 3 is 2.43 bits per heavy atom. The van der Waals surface area contributed by atoms with Gasteiger partial charge >= 0.3 is 0 Å². The van der Waals surface area contributed by atoms with Crippen molar-refractivity contribution < 1.29 is 0 Å². The Balaban J connectivity index is 2.46. The van der Waals surface area contributed by atoms with Gasteiger partial charge in [0.2, 0.25) is 0 Å². The van der Waals surface area contributed by atoms with E-state index < -0.39 is 0 Å². The van der Waals surface area contributed by atoms with Gasteiger partial charge in [0, 0.05) is 6.04 Å². The first kappa shape index (κ1) is 11.3. The van der Waals surface area contributed by atoms with E-state index in [0.29, 0.717) is 6.04 Å². The van der Waals surface area contributed by atoms with Crippen LogP contribution in [0, 0.1) is 0 Å². The van der Waals surface area contributed by atoms with Crippen LogP contribution in [0.5, 0.6) is 0 Å². The molecule has 0 saturated carbocycles. The fourth-order valence-electron chi connectivity index (χ4n) is 1.81. The highest BCUT2D eigenvalue weighted by molar-refractivity contribution is 5.15. The second-order valence-electron chi connectivity index (χ2n) is 3.73. The number of hydrogen-bond acceptors (Lipinski definition) is 1.